The van der Waals surface area contributed by atoms with Crippen molar-refractivity contribution < 1.29 is 10.2 Å². The highest BCUT2D eigenvalue weighted by Crippen LogP contribution is 2.12. The minimum absolute atomic E-state index is 0.285. The Morgan fingerprint density at radius 3 is 2.62 bits per heavy atom. The Morgan fingerprint density at radius 2 is 1.88 bits per heavy atom. The van der Waals surface area contributed by atoms with Crippen molar-refractivity contribution in [2.75, 3.05) is 32.8 Å². The van der Waals surface area contributed by atoms with Crippen molar-refractivity contribution in [1.29, 1.82) is 0 Å². The maximum atomic E-state index is 8.85. The molecule has 96 valence electrons. The number of nitrogens with zero attached hydrogens (tertiary/aromatic N) is 1. The van der Waals surface area contributed by atoms with Gasteiger partial charge in [0, 0.05) is 26.3 Å². The van der Waals surface area contributed by atoms with Gasteiger partial charge in [0.2, 0.25) is 0 Å². The molecule has 16 heavy (non-hydrogen) atoms. The van der Waals surface area contributed by atoms with E-state index in [0.717, 1.165) is 45.3 Å². The molecule has 0 spiro atoms. The Morgan fingerprint density at radius 1 is 1.06 bits per heavy atom. The van der Waals surface area contributed by atoms with Crippen molar-refractivity contribution in [3.63, 3.8) is 0 Å². The lowest BCUT2D eigenvalue weighted by atomic mass is 10.1. The van der Waals surface area contributed by atoms with Crippen LogP contribution in [-0.2, 0) is 0 Å². The van der Waals surface area contributed by atoms with Crippen LogP contribution in [0.5, 0.6) is 0 Å². The van der Waals surface area contributed by atoms with Crippen molar-refractivity contribution in [3.8, 4) is 0 Å². The highest BCUT2D eigenvalue weighted by atomic mass is 16.3. The van der Waals surface area contributed by atoms with Crippen molar-refractivity contribution in [2.24, 2.45) is 0 Å². The van der Waals surface area contributed by atoms with E-state index in [1.54, 1.807) is 0 Å². The molecular formula is C12H26N2O2. The first-order valence-corrected chi connectivity index (χ1v) is 6.57. The van der Waals surface area contributed by atoms with Gasteiger partial charge in [0.25, 0.3) is 0 Å². The molecule has 4 heteroatoms. The SMILES string of the molecule is OCCCCCC1NCCCN1CCCO. The second kappa shape index (κ2) is 8.93. The van der Waals surface area contributed by atoms with E-state index in [1.807, 2.05) is 0 Å². The van der Waals surface area contributed by atoms with Crippen LogP contribution in [0.15, 0.2) is 0 Å². The average molecular weight is 230 g/mol. The molecule has 3 N–H and O–H groups in total. The molecular weight excluding hydrogens is 204 g/mol. The zero-order valence-electron chi connectivity index (χ0n) is 10.2. The van der Waals surface area contributed by atoms with Crippen molar-refractivity contribution >= 4 is 0 Å². The third-order valence-corrected chi connectivity index (χ3v) is 3.18. The number of unbranched alkanes of at least 4 members (excludes halogenated alkanes) is 2. The highest BCUT2D eigenvalue weighted by molar-refractivity contribution is 4.75. The molecule has 0 aromatic rings. The minimum Gasteiger partial charge on any atom is -0.396 e. The van der Waals surface area contributed by atoms with Gasteiger partial charge in [0.15, 0.2) is 0 Å². The fourth-order valence-corrected chi connectivity index (χ4v) is 2.29. The minimum atomic E-state index is 0.285. The van der Waals surface area contributed by atoms with Gasteiger partial charge in [-0.15, -0.1) is 0 Å². The van der Waals surface area contributed by atoms with Crippen LogP contribution in [0.2, 0.25) is 0 Å². The van der Waals surface area contributed by atoms with Gasteiger partial charge in [-0.25, -0.2) is 0 Å². The predicted octanol–water partition coefficient (Wildman–Crippen LogP) is 0.543. The van der Waals surface area contributed by atoms with Crippen LogP contribution in [-0.4, -0.2) is 54.1 Å². The molecule has 0 aromatic carbocycles. The summed E-state index contributed by atoms with van der Waals surface area (Å²) in [4.78, 5) is 2.44. The number of hydrogen-bond donors (Lipinski definition) is 3. The van der Waals surface area contributed by atoms with Crippen molar-refractivity contribution in [1.82, 2.24) is 10.2 Å². The van der Waals surface area contributed by atoms with Crippen molar-refractivity contribution in [3.05, 3.63) is 0 Å². The van der Waals surface area contributed by atoms with Crippen LogP contribution in [0.4, 0.5) is 0 Å². The number of aliphatic hydroxyl groups is 2. The predicted molar refractivity (Wildman–Crippen MR) is 65.2 cm³/mol. The number of nitrogens with one attached hydrogen (secondary N) is 1. The van der Waals surface area contributed by atoms with Gasteiger partial charge in [-0.05, 0) is 32.2 Å². The van der Waals surface area contributed by atoms with E-state index in [2.05, 4.69) is 10.2 Å². The Kier molecular flexibility index (Phi) is 7.76. The van der Waals surface area contributed by atoms with Crippen LogP contribution in [0.1, 0.15) is 38.5 Å². The van der Waals surface area contributed by atoms with Crippen LogP contribution < -0.4 is 5.32 Å². The molecule has 1 aliphatic heterocycles. The number of rotatable bonds is 8. The van der Waals surface area contributed by atoms with Gasteiger partial charge >= 0.3 is 0 Å². The Bertz CT molecular complexity index is 167. The summed E-state index contributed by atoms with van der Waals surface area (Å²) < 4.78 is 0. The lowest BCUT2D eigenvalue weighted by Crippen LogP contribution is -2.51. The summed E-state index contributed by atoms with van der Waals surface area (Å²) >= 11 is 0. The molecule has 1 heterocycles. The van der Waals surface area contributed by atoms with Crippen LogP contribution >= 0.6 is 0 Å². The van der Waals surface area contributed by atoms with E-state index >= 15 is 0 Å². The molecule has 1 atom stereocenters. The maximum absolute atomic E-state index is 8.85. The summed E-state index contributed by atoms with van der Waals surface area (Å²) in [6.07, 6.45) is 6.93. The van der Waals surface area contributed by atoms with E-state index < -0.39 is 0 Å². The number of hydrogen-bond acceptors (Lipinski definition) is 4. The summed E-state index contributed by atoms with van der Waals surface area (Å²) in [7, 11) is 0. The Labute approximate surface area is 98.6 Å². The Hall–Kier alpha value is -0.160. The van der Waals surface area contributed by atoms with E-state index in [4.69, 9.17) is 10.2 Å². The molecule has 4 nitrogen and oxygen atoms in total. The second-order valence-electron chi connectivity index (χ2n) is 4.51. The highest BCUT2D eigenvalue weighted by Gasteiger charge is 2.20. The largest absolute Gasteiger partial charge is 0.396 e. The molecule has 0 aliphatic carbocycles. The van der Waals surface area contributed by atoms with Gasteiger partial charge in [0.05, 0.1) is 6.17 Å². The average Bonchev–Trinajstić information content (AvgIpc) is 2.33. The smallest absolute Gasteiger partial charge is 0.0597 e. The van der Waals surface area contributed by atoms with E-state index in [9.17, 15) is 0 Å². The fourth-order valence-electron chi connectivity index (χ4n) is 2.29. The van der Waals surface area contributed by atoms with E-state index in [-0.39, 0.29) is 6.61 Å². The standard InChI is InChI=1S/C12H26N2O2/c15-10-3-1-2-6-12-13-7-4-8-14(12)9-5-11-16/h12-13,15-16H,1-11H2. The molecule has 0 amide bonds. The van der Waals surface area contributed by atoms with Gasteiger partial charge in [-0.3, -0.25) is 4.90 Å². The molecule has 1 saturated heterocycles. The molecule has 1 fully saturated rings. The first-order chi connectivity index (χ1) is 7.88. The quantitative estimate of drug-likeness (QED) is 0.533. The fraction of sp³-hybridized carbons (Fsp3) is 1.00. The second-order valence-corrected chi connectivity index (χ2v) is 4.51. The summed E-state index contributed by atoms with van der Waals surface area (Å²) in [5.74, 6) is 0. The molecule has 1 unspecified atom stereocenters. The monoisotopic (exact) mass is 230 g/mol. The van der Waals surface area contributed by atoms with Crippen molar-refractivity contribution in [2.45, 2.75) is 44.7 Å². The maximum Gasteiger partial charge on any atom is 0.0597 e. The molecule has 0 saturated carbocycles. The zero-order valence-corrected chi connectivity index (χ0v) is 10.2. The first kappa shape index (κ1) is 13.9. The molecule has 0 aromatic heterocycles. The molecule has 0 bridgehead atoms. The van der Waals surface area contributed by atoms with Gasteiger partial charge < -0.3 is 15.5 Å². The normalized spacial score (nSPS) is 22.5. The van der Waals surface area contributed by atoms with E-state index in [0.29, 0.717) is 12.8 Å². The lowest BCUT2D eigenvalue weighted by molar-refractivity contribution is 0.110. The zero-order chi connectivity index (χ0) is 11.6. The summed E-state index contributed by atoms with van der Waals surface area (Å²) in [6, 6.07) is 0. The molecule has 1 aliphatic rings. The third-order valence-electron chi connectivity index (χ3n) is 3.18. The van der Waals surface area contributed by atoms with Crippen LogP contribution in [0, 0.1) is 0 Å². The summed E-state index contributed by atoms with van der Waals surface area (Å²) in [6.45, 7) is 3.85. The van der Waals surface area contributed by atoms with Crippen LogP contribution in [0.3, 0.4) is 0 Å². The van der Waals surface area contributed by atoms with Gasteiger partial charge in [-0.2, -0.15) is 0 Å². The topological polar surface area (TPSA) is 55.7 Å². The summed E-state index contributed by atoms with van der Waals surface area (Å²) in [5.41, 5.74) is 0. The van der Waals surface area contributed by atoms with E-state index in [1.165, 1.54) is 12.8 Å². The molecule has 0 radical (unpaired) electrons. The third kappa shape index (κ3) is 5.25. The lowest BCUT2D eigenvalue weighted by Gasteiger charge is -2.36. The molecule has 1 rings (SSSR count). The summed E-state index contributed by atoms with van der Waals surface area (Å²) in [5, 5.41) is 21.1. The Balaban J connectivity index is 2.18. The first-order valence-electron chi connectivity index (χ1n) is 6.57. The van der Waals surface area contributed by atoms with Gasteiger partial charge in [0.1, 0.15) is 0 Å². The number of aliphatic hydroxyl groups excluding tert-OH is 2. The van der Waals surface area contributed by atoms with Gasteiger partial charge in [-0.1, -0.05) is 12.8 Å². The van der Waals surface area contributed by atoms with Crippen LogP contribution in [0.25, 0.3) is 0 Å².